The molecular formula is C17H25N5O3. The van der Waals surface area contributed by atoms with E-state index in [0.29, 0.717) is 13.2 Å². The van der Waals surface area contributed by atoms with Crippen molar-refractivity contribution in [1.82, 2.24) is 19.8 Å². The molecule has 3 heterocycles. The summed E-state index contributed by atoms with van der Waals surface area (Å²) in [4.78, 5) is 38.8. The van der Waals surface area contributed by atoms with Crippen molar-refractivity contribution in [1.29, 1.82) is 0 Å². The van der Waals surface area contributed by atoms with E-state index < -0.39 is 0 Å². The fourth-order valence-electron chi connectivity index (χ4n) is 3.47. The fourth-order valence-corrected chi connectivity index (χ4v) is 3.47. The van der Waals surface area contributed by atoms with Gasteiger partial charge in [0.25, 0.3) is 0 Å². The Morgan fingerprint density at radius 2 is 1.80 bits per heavy atom. The summed E-state index contributed by atoms with van der Waals surface area (Å²) < 4.78 is 4.98. The number of aryl methyl sites for hydroxylation is 2. The molecule has 3 rings (SSSR count). The zero-order valence-electron chi connectivity index (χ0n) is 15.1. The lowest BCUT2D eigenvalue weighted by Crippen LogP contribution is -2.47. The Labute approximate surface area is 147 Å². The van der Waals surface area contributed by atoms with E-state index in [1.807, 2.05) is 19.9 Å². The van der Waals surface area contributed by atoms with E-state index in [1.54, 1.807) is 12.0 Å². The van der Waals surface area contributed by atoms with Gasteiger partial charge in [0.05, 0.1) is 13.2 Å². The molecule has 0 bridgehead atoms. The summed E-state index contributed by atoms with van der Waals surface area (Å²) in [5, 5.41) is 0. The molecule has 0 saturated carbocycles. The molecule has 2 aliphatic rings. The van der Waals surface area contributed by atoms with Gasteiger partial charge in [0, 0.05) is 37.6 Å². The second kappa shape index (κ2) is 7.35. The van der Waals surface area contributed by atoms with E-state index in [4.69, 9.17) is 4.74 Å². The SMILES string of the molecule is COCCN1C(=O)CN(C2CCN(c3nc(C)cc(C)n3)CC2)C1=O. The van der Waals surface area contributed by atoms with Crippen molar-refractivity contribution in [3.8, 4) is 0 Å². The number of anilines is 1. The van der Waals surface area contributed by atoms with Gasteiger partial charge in [-0.1, -0.05) is 0 Å². The van der Waals surface area contributed by atoms with Crippen molar-refractivity contribution < 1.29 is 14.3 Å². The summed E-state index contributed by atoms with van der Waals surface area (Å²) >= 11 is 0. The molecule has 0 spiro atoms. The second-order valence-electron chi connectivity index (χ2n) is 6.62. The quantitative estimate of drug-likeness (QED) is 0.739. The molecule has 3 amide bonds. The van der Waals surface area contributed by atoms with E-state index in [9.17, 15) is 9.59 Å². The maximum absolute atomic E-state index is 12.5. The average Bonchev–Trinajstić information content (AvgIpc) is 2.86. The van der Waals surface area contributed by atoms with Gasteiger partial charge >= 0.3 is 6.03 Å². The Hall–Kier alpha value is -2.22. The predicted octanol–water partition coefficient (Wildman–Crippen LogP) is 0.973. The van der Waals surface area contributed by atoms with Crippen LogP contribution in [0.4, 0.5) is 10.7 Å². The largest absolute Gasteiger partial charge is 0.383 e. The third kappa shape index (κ3) is 3.73. The zero-order valence-corrected chi connectivity index (χ0v) is 15.1. The Morgan fingerprint density at radius 3 is 2.40 bits per heavy atom. The van der Waals surface area contributed by atoms with Crippen LogP contribution < -0.4 is 4.90 Å². The van der Waals surface area contributed by atoms with E-state index >= 15 is 0 Å². The third-order valence-electron chi connectivity index (χ3n) is 4.76. The molecule has 8 heteroatoms. The van der Waals surface area contributed by atoms with Crippen molar-refractivity contribution in [3.63, 3.8) is 0 Å². The smallest absolute Gasteiger partial charge is 0.327 e. The average molecular weight is 347 g/mol. The van der Waals surface area contributed by atoms with Gasteiger partial charge in [0.2, 0.25) is 11.9 Å². The minimum atomic E-state index is -0.192. The maximum Gasteiger partial charge on any atom is 0.327 e. The number of rotatable bonds is 5. The molecule has 1 aromatic heterocycles. The highest BCUT2D eigenvalue weighted by Gasteiger charge is 2.40. The van der Waals surface area contributed by atoms with Crippen molar-refractivity contribution >= 4 is 17.9 Å². The number of hydrogen-bond donors (Lipinski definition) is 0. The number of methoxy groups -OCH3 is 1. The van der Waals surface area contributed by atoms with E-state index in [0.717, 1.165) is 43.3 Å². The number of urea groups is 1. The van der Waals surface area contributed by atoms with Gasteiger partial charge in [-0.25, -0.2) is 14.8 Å². The normalized spacial score (nSPS) is 19.2. The fraction of sp³-hybridized carbons (Fsp3) is 0.647. The van der Waals surface area contributed by atoms with Gasteiger partial charge in [-0.05, 0) is 32.8 Å². The van der Waals surface area contributed by atoms with Crippen LogP contribution in [0.15, 0.2) is 6.07 Å². The molecule has 0 aromatic carbocycles. The number of ether oxygens (including phenoxy) is 1. The second-order valence-corrected chi connectivity index (χ2v) is 6.62. The number of nitrogens with zero attached hydrogens (tertiary/aromatic N) is 5. The zero-order chi connectivity index (χ0) is 18.0. The Kier molecular flexibility index (Phi) is 5.17. The number of imide groups is 1. The molecule has 2 saturated heterocycles. The van der Waals surface area contributed by atoms with Crippen LogP contribution in [0.5, 0.6) is 0 Å². The summed E-state index contributed by atoms with van der Waals surface area (Å²) in [5.74, 6) is 0.614. The molecular weight excluding hydrogens is 322 g/mol. The molecule has 2 aliphatic heterocycles. The van der Waals surface area contributed by atoms with E-state index in [2.05, 4.69) is 14.9 Å². The first-order valence-corrected chi connectivity index (χ1v) is 8.66. The van der Waals surface area contributed by atoms with Crippen LogP contribution >= 0.6 is 0 Å². The van der Waals surface area contributed by atoms with Crippen LogP contribution in [-0.2, 0) is 9.53 Å². The number of amides is 3. The number of carbonyl (C=O) groups excluding carboxylic acids is 2. The minimum Gasteiger partial charge on any atom is -0.383 e. The molecule has 1 aromatic rings. The standard InChI is InChI=1S/C17H25N5O3/c1-12-10-13(2)19-16(18-12)20-6-4-14(5-7-20)22-11-15(23)21(17(22)24)8-9-25-3/h10,14H,4-9,11H2,1-3H3. The summed E-state index contributed by atoms with van der Waals surface area (Å²) in [6.45, 7) is 6.36. The van der Waals surface area contributed by atoms with Gasteiger partial charge in [-0.2, -0.15) is 0 Å². The van der Waals surface area contributed by atoms with Gasteiger partial charge in [0.1, 0.15) is 6.54 Å². The molecule has 0 radical (unpaired) electrons. The summed E-state index contributed by atoms with van der Waals surface area (Å²) in [5.41, 5.74) is 1.91. The Bertz CT molecular complexity index is 637. The topological polar surface area (TPSA) is 78.9 Å². The first-order chi connectivity index (χ1) is 12.0. The lowest BCUT2D eigenvalue weighted by atomic mass is 10.0. The van der Waals surface area contributed by atoms with Crippen molar-refractivity contribution in [2.24, 2.45) is 0 Å². The van der Waals surface area contributed by atoms with Crippen LogP contribution in [0.2, 0.25) is 0 Å². The van der Waals surface area contributed by atoms with Gasteiger partial charge in [-0.3, -0.25) is 9.69 Å². The van der Waals surface area contributed by atoms with Crippen molar-refractivity contribution in [2.75, 3.05) is 44.8 Å². The highest BCUT2D eigenvalue weighted by Crippen LogP contribution is 2.24. The Morgan fingerprint density at radius 1 is 1.16 bits per heavy atom. The van der Waals surface area contributed by atoms with Gasteiger partial charge < -0.3 is 14.5 Å². The van der Waals surface area contributed by atoms with Crippen LogP contribution in [0.25, 0.3) is 0 Å². The third-order valence-corrected chi connectivity index (χ3v) is 4.76. The molecule has 0 N–H and O–H groups in total. The van der Waals surface area contributed by atoms with Gasteiger partial charge in [-0.15, -0.1) is 0 Å². The molecule has 0 aliphatic carbocycles. The van der Waals surface area contributed by atoms with Crippen LogP contribution in [0, 0.1) is 13.8 Å². The number of aromatic nitrogens is 2. The maximum atomic E-state index is 12.5. The lowest BCUT2D eigenvalue weighted by Gasteiger charge is -2.36. The number of hydrogen-bond acceptors (Lipinski definition) is 6. The number of piperidine rings is 1. The van der Waals surface area contributed by atoms with Crippen LogP contribution in [0.1, 0.15) is 24.2 Å². The summed E-state index contributed by atoms with van der Waals surface area (Å²) in [6, 6.07) is 1.86. The van der Waals surface area contributed by atoms with Crippen LogP contribution in [0.3, 0.4) is 0 Å². The summed E-state index contributed by atoms with van der Waals surface area (Å²) in [6.07, 6.45) is 1.63. The monoisotopic (exact) mass is 347 g/mol. The predicted molar refractivity (Wildman–Crippen MR) is 92.4 cm³/mol. The van der Waals surface area contributed by atoms with E-state index in [1.165, 1.54) is 4.90 Å². The summed E-state index contributed by atoms with van der Waals surface area (Å²) in [7, 11) is 1.56. The number of carbonyl (C=O) groups is 2. The minimum absolute atomic E-state index is 0.0890. The molecule has 0 unspecified atom stereocenters. The molecule has 2 fully saturated rings. The Balaban J connectivity index is 1.61. The highest BCUT2D eigenvalue weighted by atomic mass is 16.5. The molecule has 136 valence electrons. The molecule has 25 heavy (non-hydrogen) atoms. The van der Waals surface area contributed by atoms with Crippen molar-refractivity contribution in [2.45, 2.75) is 32.7 Å². The van der Waals surface area contributed by atoms with Gasteiger partial charge in [0.15, 0.2) is 0 Å². The van der Waals surface area contributed by atoms with Crippen molar-refractivity contribution in [3.05, 3.63) is 17.5 Å². The molecule has 0 atom stereocenters. The lowest BCUT2D eigenvalue weighted by molar-refractivity contribution is -0.125. The highest BCUT2D eigenvalue weighted by molar-refractivity contribution is 6.02. The van der Waals surface area contributed by atoms with Crippen LogP contribution in [-0.4, -0.2) is 77.6 Å². The first-order valence-electron chi connectivity index (χ1n) is 8.66. The first kappa shape index (κ1) is 17.6. The van der Waals surface area contributed by atoms with E-state index in [-0.39, 0.29) is 24.5 Å². The molecule has 8 nitrogen and oxygen atoms in total.